The van der Waals surface area contributed by atoms with Crippen LogP contribution in [0.1, 0.15) is 31.7 Å². The standard InChI is InChI=1S/C20H26ClN3O4S/c1-14-18(15-4-6-17(21)7-5-15)29(26,27)23-19(14)24-11-8-16(9-12-24)20(25)22-10-3-13-28-2/h4-7,16H,3,8-13H2,1-2H3,(H,22,25). The lowest BCUT2D eigenvalue weighted by Gasteiger charge is -2.32. The molecule has 0 saturated carbocycles. The second-order valence-electron chi connectivity index (χ2n) is 7.25. The fourth-order valence-corrected chi connectivity index (χ4v) is 5.32. The molecule has 0 radical (unpaired) electrons. The minimum Gasteiger partial charge on any atom is -0.385 e. The lowest BCUT2D eigenvalue weighted by molar-refractivity contribution is -0.126. The van der Waals surface area contributed by atoms with Gasteiger partial charge in [-0.3, -0.25) is 4.79 Å². The van der Waals surface area contributed by atoms with E-state index in [1.165, 1.54) is 0 Å². The Labute approximate surface area is 176 Å². The molecule has 1 amide bonds. The van der Waals surface area contributed by atoms with E-state index in [1.54, 1.807) is 38.3 Å². The van der Waals surface area contributed by atoms with Gasteiger partial charge in [0.25, 0.3) is 10.0 Å². The molecular weight excluding hydrogens is 414 g/mol. The molecule has 1 aromatic rings. The van der Waals surface area contributed by atoms with Crippen LogP contribution in [0.5, 0.6) is 0 Å². The molecule has 2 heterocycles. The van der Waals surface area contributed by atoms with E-state index >= 15 is 0 Å². The minimum atomic E-state index is -3.76. The maximum atomic E-state index is 12.7. The summed E-state index contributed by atoms with van der Waals surface area (Å²) in [6.45, 7) is 4.19. The Balaban J connectivity index is 1.66. The second kappa shape index (κ2) is 9.28. The van der Waals surface area contributed by atoms with Crippen LogP contribution in [-0.4, -0.2) is 58.4 Å². The number of nitrogens with zero attached hydrogens (tertiary/aromatic N) is 2. The molecule has 0 unspecified atom stereocenters. The van der Waals surface area contributed by atoms with Crippen LogP contribution in [0.3, 0.4) is 0 Å². The maximum Gasteiger partial charge on any atom is 0.285 e. The zero-order valence-corrected chi connectivity index (χ0v) is 18.2. The molecule has 2 aliphatic rings. The predicted molar refractivity (Wildman–Crippen MR) is 114 cm³/mol. The summed E-state index contributed by atoms with van der Waals surface area (Å²) >= 11 is 5.92. The Morgan fingerprint density at radius 3 is 2.55 bits per heavy atom. The summed E-state index contributed by atoms with van der Waals surface area (Å²) in [6, 6.07) is 6.72. The minimum absolute atomic E-state index is 0.0517. The zero-order chi connectivity index (χ0) is 21.0. The quantitative estimate of drug-likeness (QED) is 0.688. The third-order valence-electron chi connectivity index (χ3n) is 5.24. The number of rotatable bonds is 6. The summed E-state index contributed by atoms with van der Waals surface area (Å²) in [5, 5.41) is 3.49. The summed E-state index contributed by atoms with van der Waals surface area (Å²) in [6.07, 6.45) is 2.12. The van der Waals surface area contributed by atoms with Gasteiger partial charge < -0.3 is 15.0 Å². The molecule has 1 saturated heterocycles. The third-order valence-corrected chi connectivity index (χ3v) is 6.96. The van der Waals surface area contributed by atoms with E-state index in [-0.39, 0.29) is 16.7 Å². The van der Waals surface area contributed by atoms with Crippen molar-refractivity contribution in [3.8, 4) is 0 Å². The van der Waals surface area contributed by atoms with Crippen molar-refractivity contribution in [2.75, 3.05) is 33.4 Å². The van der Waals surface area contributed by atoms with Crippen molar-refractivity contribution in [3.63, 3.8) is 0 Å². The van der Waals surface area contributed by atoms with Gasteiger partial charge in [0.05, 0.1) is 0 Å². The van der Waals surface area contributed by atoms with E-state index in [1.807, 2.05) is 4.90 Å². The second-order valence-corrected chi connectivity index (χ2v) is 9.23. The fourth-order valence-electron chi connectivity index (χ4n) is 3.71. The topological polar surface area (TPSA) is 88.1 Å². The smallest absolute Gasteiger partial charge is 0.285 e. The van der Waals surface area contributed by atoms with Crippen molar-refractivity contribution < 1.29 is 17.9 Å². The molecule has 1 N–H and O–H groups in total. The molecule has 2 aliphatic heterocycles. The highest BCUT2D eigenvalue weighted by Crippen LogP contribution is 2.35. The molecule has 29 heavy (non-hydrogen) atoms. The van der Waals surface area contributed by atoms with Crippen molar-refractivity contribution in [2.24, 2.45) is 10.3 Å². The predicted octanol–water partition coefficient (Wildman–Crippen LogP) is 2.68. The van der Waals surface area contributed by atoms with Crippen molar-refractivity contribution in [3.05, 3.63) is 40.4 Å². The van der Waals surface area contributed by atoms with Gasteiger partial charge in [-0.15, -0.1) is 4.40 Å². The molecule has 0 aromatic heterocycles. The van der Waals surface area contributed by atoms with Crippen molar-refractivity contribution in [1.82, 2.24) is 10.2 Å². The first-order chi connectivity index (χ1) is 13.8. The number of carbonyl (C=O) groups excluding carboxylic acids is 1. The average molecular weight is 440 g/mol. The highest BCUT2D eigenvalue weighted by molar-refractivity contribution is 8.00. The van der Waals surface area contributed by atoms with Crippen LogP contribution in [0, 0.1) is 5.92 Å². The van der Waals surface area contributed by atoms with E-state index < -0.39 is 10.0 Å². The normalized spacial score (nSPS) is 19.4. The van der Waals surface area contributed by atoms with E-state index in [0.29, 0.717) is 61.1 Å². The Morgan fingerprint density at radius 1 is 1.28 bits per heavy atom. The largest absolute Gasteiger partial charge is 0.385 e. The van der Waals surface area contributed by atoms with E-state index in [2.05, 4.69) is 9.71 Å². The van der Waals surface area contributed by atoms with Gasteiger partial charge in [0.15, 0.2) is 0 Å². The SMILES string of the molecule is COCCCNC(=O)C1CCN(C2=NS(=O)(=O)C(c3ccc(Cl)cc3)=C2C)CC1. The van der Waals surface area contributed by atoms with Crippen LogP contribution in [0.4, 0.5) is 0 Å². The Bertz CT molecular complexity index is 918. The van der Waals surface area contributed by atoms with Gasteiger partial charge in [-0.25, -0.2) is 0 Å². The number of ether oxygens (including phenoxy) is 1. The van der Waals surface area contributed by atoms with Crippen LogP contribution >= 0.6 is 11.6 Å². The Hall–Kier alpha value is -1.90. The Kier molecular flexibility index (Phi) is 6.97. The molecule has 0 spiro atoms. The molecule has 1 fully saturated rings. The fraction of sp³-hybridized carbons (Fsp3) is 0.500. The van der Waals surface area contributed by atoms with Crippen LogP contribution < -0.4 is 5.32 Å². The lowest BCUT2D eigenvalue weighted by atomic mass is 9.95. The third kappa shape index (κ3) is 4.99. The monoisotopic (exact) mass is 439 g/mol. The van der Waals surface area contributed by atoms with Crippen molar-refractivity contribution >= 4 is 38.3 Å². The number of likely N-dealkylation sites (tertiary alicyclic amines) is 1. The number of amidine groups is 1. The first-order valence-corrected chi connectivity index (χ1v) is 11.5. The number of amides is 1. The molecular formula is C20H26ClN3O4S. The Morgan fingerprint density at radius 2 is 1.93 bits per heavy atom. The van der Waals surface area contributed by atoms with Crippen molar-refractivity contribution in [1.29, 1.82) is 0 Å². The first kappa shape index (κ1) is 21.8. The van der Waals surface area contributed by atoms with Gasteiger partial charge in [-0.2, -0.15) is 8.42 Å². The first-order valence-electron chi connectivity index (χ1n) is 9.67. The maximum absolute atomic E-state index is 12.7. The lowest BCUT2D eigenvalue weighted by Crippen LogP contribution is -2.43. The molecule has 0 bridgehead atoms. The molecule has 158 valence electrons. The summed E-state index contributed by atoms with van der Waals surface area (Å²) in [5.41, 5.74) is 1.21. The zero-order valence-electron chi connectivity index (χ0n) is 16.7. The highest BCUT2D eigenvalue weighted by atomic mass is 35.5. The summed E-state index contributed by atoms with van der Waals surface area (Å²) in [7, 11) is -2.12. The van der Waals surface area contributed by atoms with E-state index in [0.717, 1.165) is 6.42 Å². The number of benzene rings is 1. The average Bonchev–Trinajstić information content (AvgIpc) is 2.95. The number of hydrogen-bond acceptors (Lipinski definition) is 5. The molecule has 1 aromatic carbocycles. The number of piperidine rings is 1. The van der Waals surface area contributed by atoms with E-state index in [4.69, 9.17) is 16.3 Å². The molecule has 3 rings (SSSR count). The van der Waals surface area contributed by atoms with Gasteiger partial charge in [-0.05, 0) is 43.9 Å². The van der Waals surface area contributed by atoms with Gasteiger partial charge in [0.1, 0.15) is 10.7 Å². The number of nitrogens with one attached hydrogen (secondary N) is 1. The van der Waals surface area contributed by atoms with Crippen LogP contribution in [0.15, 0.2) is 34.2 Å². The van der Waals surface area contributed by atoms with Gasteiger partial charge in [0.2, 0.25) is 5.91 Å². The van der Waals surface area contributed by atoms with E-state index in [9.17, 15) is 13.2 Å². The number of sulfonamides is 1. The molecule has 0 atom stereocenters. The summed E-state index contributed by atoms with van der Waals surface area (Å²) in [4.78, 5) is 14.5. The van der Waals surface area contributed by atoms with Gasteiger partial charge >= 0.3 is 0 Å². The van der Waals surface area contributed by atoms with Gasteiger partial charge in [0, 0.05) is 49.9 Å². The van der Waals surface area contributed by atoms with Crippen LogP contribution in [0.2, 0.25) is 5.02 Å². The van der Waals surface area contributed by atoms with Crippen LogP contribution in [0.25, 0.3) is 4.91 Å². The van der Waals surface area contributed by atoms with Crippen LogP contribution in [-0.2, 0) is 19.6 Å². The number of hydrogen-bond donors (Lipinski definition) is 1. The van der Waals surface area contributed by atoms with Gasteiger partial charge in [-0.1, -0.05) is 23.7 Å². The summed E-state index contributed by atoms with van der Waals surface area (Å²) < 4.78 is 34.4. The summed E-state index contributed by atoms with van der Waals surface area (Å²) in [5.74, 6) is 0.470. The highest BCUT2D eigenvalue weighted by Gasteiger charge is 2.35. The molecule has 7 nitrogen and oxygen atoms in total. The molecule has 9 heteroatoms. The molecule has 0 aliphatic carbocycles. The number of methoxy groups -OCH3 is 1. The van der Waals surface area contributed by atoms with Crippen molar-refractivity contribution in [2.45, 2.75) is 26.2 Å². The number of halogens is 1. The number of carbonyl (C=O) groups is 1.